The second-order valence-electron chi connectivity index (χ2n) is 2.62. The van der Waals surface area contributed by atoms with Crippen molar-refractivity contribution in [2.75, 3.05) is 6.61 Å². The molecule has 0 aliphatic rings. The molecule has 0 saturated carbocycles. The highest BCUT2D eigenvalue weighted by atomic mass is 16.5. The first-order valence-corrected chi connectivity index (χ1v) is 3.96. The topological polar surface area (TPSA) is 26.3 Å². The highest BCUT2D eigenvalue weighted by molar-refractivity contribution is 5.65. The van der Waals surface area contributed by atoms with E-state index >= 15 is 0 Å². The number of carbonyl (C=O) groups is 1. The third kappa shape index (κ3) is 7.10. The summed E-state index contributed by atoms with van der Waals surface area (Å²) in [5.41, 5.74) is 0. The summed E-state index contributed by atoms with van der Waals surface area (Å²) in [6, 6.07) is 0. The van der Waals surface area contributed by atoms with Gasteiger partial charge in [-0.15, -0.1) is 0 Å². The van der Waals surface area contributed by atoms with Crippen LogP contribution in [0.25, 0.3) is 0 Å². The molecule has 2 heteroatoms. The van der Waals surface area contributed by atoms with Gasteiger partial charge in [0.25, 0.3) is 0 Å². The van der Waals surface area contributed by atoms with E-state index in [1.807, 2.05) is 6.08 Å². The number of allylic oxidation sites excluding steroid dienone is 1. The van der Waals surface area contributed by atoms with Crippen molar-refractivity contribution in [2.24, 2.45) is 5.92 Å². The molecule has 0 rings (SSSR count). The first kappa shape index (κ1) is 10.2. The molecule has 1 atom stereocenters. The van der Waals surface area contributed by atoms with E-state index in [2.05, 4.69) is 19.9 Å². The first-order chi connectivity index (χ1) is 5.16. The van der Waals surface area contributed by atoms with E-state index in [0.717, 1.165) is 6.42 Å². The largest absolute Gasteiger partial charge is 0.462 e. The van der Waals surface area contributed by atoms with Crippen LogP contribution in [0.3, 0.4) is 0 Å². The molecule has 2 nitrogen and oxygen atoms in total. The summed E-state index contributed by atoms with van der Waals surface area (Å²) in [7, 11) is 0. The monoisotopic (exact) mass is 156 g/mol. The highest BCUT2D eigenvalue weighted by Crippen LogP contribution is 2.01. The van der Waals surface area contributed by atoms with Gasteiger partial charge >= 0.3 is 5.97 Å². The van der Waals surface area contributed by atoms with Crippen molar-refractivity contribution in [2.45, 2.75) is 27.2 Å². The SMILES string of the molecule is CC[C@H](C)C=CCOC(C)=O. The molecule has 11 heavy (non-hydrogen) atoms. The van der Waals surface area contributed by atoms with E-state index in [0.29, 0.717) is 12.5 Å². The van der Waals surface area contributed by atoms with Gasteiger partial charge in [0.2, 0.25) is 0 Å². The van der Waals surface area contributed by atoms with Gasteiger partial charge < -0.3 is 4.74 Å². The lowest BCUT2D eigenvalue weighted by Gasteiger charge is -1.99. The van der Waals surface area contributed by atoms with Gasteiger partial charge in [0.1, 0.15) is 6.61 Å². The van der Waals surface area contributed by atoms with Gasteiger partial charge in [0.05, 0.1) is 0 Å². The first-order valence-electron chi connectivity index (χ1n) is 3.96. The van der Waals surface area contributed by atoms with Gasteiger partial charge in [-0.05, 0) is 5.92 Å². The van der Waals surface area contributed by atoms with Crippen molar-refractivity contribution in [3.8, 4) is 0 Å². The minimum Gasteiger partial charge on any atom is -0.462 e. The molecule has 0 aliphatic heterocycles. The number of esters is 1. The molecule has 0 aromatic carbocycles. The second-order valence-corrected chi connectivity index (χ2v) is 2.62. The van der Waals surface area contributed by atoms with Crippen LogP contribution in [0.15, 0.2) is 12.2 Å². The zero-order chi connectivity index (χ0) is 8.69. The Labute approximate surface area is 68.2 Å². The molecule has 0 heterocycles. The lowest BCUT2D eigenvalue weighted by molar-refractivity contribution is -0.139. The van der Waals surface area contributed by atoms with Gasteiger partial charge in [0, 0.05) is 6.92 Å². The molecular formula is C9H16O2. The molecule has 0 spiro atoms. The van der Waals surface area contributed by atoms with Gasteiger partial charge in [-0.3, -0.25) is 4.79 Å². The quantitative estimate of drug-likeness (QED) is 0.460. The fraction of sp³-hybridized carbons (Fsp3) is 0.667. The zero-order valence-electron chi connectivity index (χ0n) is 7.46. The normalized spacial score (nSPS) is 13.4. The maximum Gasteiger partial charge on any atom is 0.302 e. The Kier molecular flexibility index (Phi) is 5.53. The predicted molar refractivity (Wildman–Crippen MR) is 45.2 cm³/mol. The van der Waals surface area contributed by atoms with Crippen LogP contribution in [-0.2, 0) is 9.53 Å². The maximum atomic E-state index is 10.3. The maximum absolute atomic E-state index is 10.3. The molecule has 0 saturated heterocycles. The summed E-state index contributed by atoms with van der Waals surface area (Å²) in [5, 5.41) is 0. The second kappa shape index (κ2) is 5.96. The van der Waals surface area contributed by atoms with E-state index in [1.165, 1.54) is 6.92 Å². The number of hydrogen-bond donors (Lipinski definition) is 0. The van der Waals surface area contributed by atoms with Crippen molar-refractivity contribution in [1.82, 2.24) is 0 Å². The minimum absolute atomic E-state index is 0.223. The number of ether oxygens (including phenoxy) is 1. The molecule has 0 aliphatic carbocycles. The summed E-state index contributed by atoms with van der Waals surface area (Å²) in [5.74, 6) is 0.351. The molecular weight excluding hydrogens is 140 g/mol. The fourth-order valence-electron chi connectivity index (χ4n) is 0.589. The Bertz CT molecular complexity index is 138. The molecule has 0 fully saturated rings. The number of hydrogen-bond acceptors (Lipinski definition) is 2. The third-order valence-electron chi connectivity index (χ3n) is 1.49. The van der Waals surface area contributed by atoms with Gasteiger partial charge in [-0.1, -0.05) is 32.4 Å². The molecule has 0 radical (unpaired) electrons. The lowest BCUT2D eigenvalue weighted by Crippen LogP contribution is -1.98. The fourth-order valence-corrected chi connectivity index (χ4v) is 0.589. The van der Waals surface area contributed by atoms with Crippen LogP contribution in [-0.4, -0.2) is 12.6 Å². The minimum atomic E-state index is -0.223. The van der Waals surface area contributed by atoms with Gasteiger partial charge in [-0.25, -0.2) is 0 Å². The Morgan fingerprint density at radius 3 is 2.73 bits per heavy atom. The standard InChI is InChI=1S/C9H16O2/c1-4-8(2)6-5-7-11-9(3)10/h5-6,8H,4,7H2,1-3H3/t8-/m0/s1. The van der Waals surface area contributed by atoms with E-state index in [1.54, 1.807) is 0 Å². The molecule has 0 aromatic rings. The number of rotatable bonds is 4. The van der Waals surface area contributed by atoms with Crippen LogP contribution in [0, 0.1) is 5.92 Å². The van der Waals surface area contributed by atoms with Crippen LogP contribution < -0.4 is 0 Å². The summed E-state index contributed by atoms with van der Waals surface area (Å²) in [6.45, 7) is 6.07. The van der Waals surface area contributed by atoms with Crippen molar-refractivity contribution in [3.63, 3.8) is 0 Å². The summed E-state index contributed by atoms with van der Waals surface area (Å²) in [4.78, 5) is 10.3. The zero-order valence-corrected chi connectivity index (χ0v) is 7.46. The Hall–Kier alpha value is -0.790. The Morgan fingerprint density at radius 2 is 2.27 bits per heavy atom. The van der Waals surface area contributed by atoms with E-state index in [-0.39, 0.29) is 5.97 Å². The number of carbonyl (C=O) groups excluding carboxylic acids is 1. The van der Waals surface area contributed by atoms with Crippen molar-refractivity contribution < 1.29 is 9.53 Å². The lowest BCUT2D eigenvalue weighted by atomic mass is 10.1. The third-order valence-corrected chi connectivity index (χ3v) is 1.49. The van der Waals surface area contributed by atoms with E-state index in [4.69, 9.17) is 4.74 Å². The Balaban J connectivity index is 3.36. The van der Waals surface area contributed by atoms with Crippen LogP contribution in [0.4, 0.5) is 0 Å². The molecule has 0 unspecified atom stereocenters. The predicted octanol–water partition coefficient (Wildman–Crippen LogP) is 2.15. The van der Waals surface area contributed by atoms with Crippen LogP contribution >= 0.6 is 0 Å². The molecule has 0 aromatic heterocycles. The highest BCUT2D eigenvalue weighted by Gasteiger charge is 1.90. The van der Waals surface area contributed by atoms with Crippen LogP contribution in [0.1, 0.15) is 27.2 Å². The average molecular weight is 156 g/mol. The van der Waals surface area contributed by atoms with Crippen molar-refractivity contribution in [3.05, 3.63) is 12.2 Å². The summed E-state index contributed by atoms with van der Waals surface area (Å²) in [6.07, 6.45) is 5.06. The summed E-state index contributed by atoms with van der Waals surface area (Å²) < 4.78 is 4.71. The van der Waals surface area contributed by atoms with Crippen molar-refractivity contribution >= 4 is 5.97 Å². The van der Waals surface area contributed by atoms with Crippen LogP contribution in [0.2, 0.25) is 0 Å². The summed E-state index contributed by atoms with van der Waals surface area (Å²) >= 11 is 0. The van der Waals surface area contributed by atoms with E-state index in [9.17, 15) is 4.79 Å². The van der Waals surface area contributed by atoms with Crippen LogP contribution in [0.5, 0.6) is 0 Å². The molecule has 0 amide bonds. The Morgan fingerprint density at radius 1 is 1.64 bits per heavy atom. The molecule has 0 bridgehead atoms. The molecule has 64 valence electrons. The smallest absolute Gasteiger partial charge is 0.302 e. The van der Waals surface area contributed by atoms with Gasteiger partial charge in [-0.2, -0.15) is 0 Å². The molecule has 0 N–H and O–H groups in total. The van der Waals surface area contributed by atoms with E-state index < -0.39 is 0 Å². The average Bonchev–Trinajstić information content (AvgIpc) is 1.97. The van der Waals surface area contributed by atoms with Gasteiger partial charge in [0.15, 0.2) is 0 Å². The van der Waals surface area contributed by atoms with Crippen molar-refractivity contribution in [1.29, 1.82) is 0 Å².